The second-order valence-electron chi connectivity index (χ2n) is 6.26. The first kappa shape index (κ1) is 17.6. The quantitative estimate of drug-likeness (QED) is 0.618. The topological polar surface area (TPSA) is 103 Å². The Morgan fingerprint density at radius 3 is 2.78 bits per heavy atom. The van der Waals surface area contributed by atoms with Crippen LogP contribution in [0.1, 0.15) is 18.4 Å². The van der Waals surface area contributed by atoms with E-state index in [1.165, 1.54) is 10.4 Å². The molecule has 0 N–H and O–H groups in total. The third-order valence-corrected chi connectivity index (χ3v) is 6.48. The van der Waals surface area contributed by atoms with Crippen molar-refractivity contribution in [2.75, 3.05) is 6.54 Å². The monoisotopic (exact) mass is 387 g/mol. The van der Waals surface area contributed by atoms with Gasteiger partial charge in [-0.05, 0) is 40.9 Å². The Kier molecular flexibility index (Phi) is 4.63. The average molecular weight is 387 g/mol. The predicted molar refractivity (Wildman–Crippen MR) is 95.0 cm³/mol. The number of ether oxygens (including phenoxy) is 1. The summed E-state index contributed by atoms with van der Waals surface area (Å²) in [7, 11) is -3.94. The van der Waals surface area contributed by atoms with E-state index in [0.29, 0.717) is 18.4 Å². The molecule has 2 heterocycles. The predicted octanol–water partition coefficient (Wildman–Crippen LogP) is 2.12. The largest absolute Gasteiger partial charge is 0.460 e. The van der Waals surface area contributed by atoms with Crippen LogP contribution in [0.4, 0.5) is 0 Å². The Bertz CT molecular complexity index is 1060. The lowest BCUT2D eigenvalue weighted by molar-refractivity contribution is -0.148. The van der Waals surface area contributed by atoms with Gasteiger partial charge in [0, 0.05) is 6.54 Å². The Balaban J connectivity index is 1.57. The van der Waals surface area contributed by atoms with Crippen LogP contribution >= 0.6 is 0 Å². The van der Waals surface area contributed by atoms with Gasteiger partial charge in [-0.25, -0.2) is 13.0 Å². The van der Waals surface area contributed by atoms with Crippen LogP contribution in [0, 0.1) is 0 Å². The smallest absolute Gasteiger partial charge is 0.324 e. The number of carbonyl (C=O) groups is 1. The van der Waals surface area contributed by atoms with E-state index < -0.39 is 22.0 Å². The maximum absolute atomic E-state index is 13.1. The van der Waals surface area contributed by atoms with E-state index in [1.807, 2.05) is 30.3 Å². The molecule has 140 valence electrons. The van der Waals surface area contributed by atoms with Gasteiger partial charge in [0.05, 0.1) is 0 Å². The molecule has 2 aromatic carbocycles. The van der Waals surface area contributed by atoms with Crippen molar-refractivity contribution in [3.63, 3.8) is 0 Å². The number of benzene rings is 2. The Morgan fingerprint density at radius 1 is 1.15 bits per heavy atom. The number of fused-ring (bicyclic) bond motifs is 1. The minimum Gasteiger partial charge on any atom is -0.460 e. The molecule has 1 unspecified atom stereocenters. The normalized spacial score (nSPS) is 18.0. The molecule has 8 nitrogen and oxygen atoms in total. The minimum absolute atomic E-state index is 0.0241. The van der Waals surface area contributed by atoms with Crippen molar-refractivity contribution in [2.45, 2.75) is 30.4 Å². The number of carbonyl (C=O) groups excluding carboxylic acids is 1. The summed E-state index contributed by atoms with van der Waals surface area (Å²) < 4.78 is 37.5. The van der Waals surface area contributed by atoms with E-state index in [0.717, 1.165) is 5.56 Å². The molecule has 1 fully saturated rings. The third-order valence-electron chi connectivity index (χ3n) is 4.54. The molecule has 9 heteroatoms. The molecular weight excluding hydrogens is 370 g/mol. The molecule has 1 aliphatic rings. The van der Waals surface area contributed by atoms with E-state index in [9.17, 15) is 13.2 Å². The fraction of sp³-hybridized carbons (Fsp3) is 0.278. The van der Waals surface area contributed by atoms with Crippen molar-refractivity contribution in [2.24, 2.45) is 0 Å². The molecular formula is C18H17N3O5S. The number of aromatic nitrogens is 2. The SMILES string of the molecule is O=C(OCc1ccccc1)C1CCCN1S(=O)(=O)c1cccc2nonc12. The van der Waals surface area contributed by atoms with Gasteiger partial charge in [-0.1, -0.05) is 36.4 Å². The van der Waals surface area contributed by atoms with Gasteiger partial charge in [0.15, 0.2) is 5.52 Å². The lowest BCUT2D eigenvalue weighted by atomic mass is 10.2. The van der Waals surface area contributed by atoms with Gasteiger partial charge in [0.25, 0.3) is 0 Å². The Labute approximate surface area is 155 Å². The summed E-state index contributed by atoms with van der Waals surface area (Å²) in [6, 6.07) is 13.0. The van der Waals surface area contributed by atoms with Gasteiger partial charge in [-0.3, -0.25) is 4.79 Å². The zero-order valence-electron chi connectivity index (χ0n) is 14.3. The molecule has 1 saturated heterocycles. The Morgan fingerprint density at radius 2 is 1.96 bits per heavy atom. The second kappa shape index (κ2) is 7.09. The van der Waals surface area contributed by atoms with Crippen molar-refractivity contribution in [3.8, 4) is 0 Å². The van der Waals surface area contributed by atoms with Gasteiger partial charge in [0.1, 0.15) is 23.1 Å². The molecule has 0 saturated carbocycles. The molecule has 0 spiro atoms. The fourth-order valence-electron chi connectivity index (χ4n) is 3.20. The highest BCUT2D eigenvalue weighted by Gasteiger charge is 2.41. The lowest BCUT2D eigenvalue weighted by Gasteiger charge is -2.22. The maximum atomic E-state index is 13.1. The van der Waals surface area contributed by atoms with Crippen LogP contribution in [-0.2, 0) is 26.2 Å². The molecule has 1 atom stereocenters. The van der Waals surface area contributed by atoms with E-state index in [1.54, 1.807) is 12.1 Å². The van der Waals surface area contributed by atoms with Crippen LogP contribution in [0.5, 0.6) is 0 Å². The van der Waals surface area contributed by atoms with Gasteiger partial charge in [-0.2, -0.15) is 4.31 Å². The van der Waals surface area contributed by atoms with Crippen LogP contribution in [-0.4, -0.2) is 41.6 Å². The van der Waals surface area contributed by atoms with Gasteiger partial charge >= 0.3 is 5.97 Å². The van der Waals surface area contributed by atoms with Crippen LogP contribution in [0.3, 0.4) is 0 Å². The number of nitrogens with zero attached hydrogens (tertiary/aromatic N) is 3. The van der Waals surface area contributed by atoms with Crippen molar-refractivity contribution in [1.82, 2.24) is 14.6 Å². The van der Waals surface area contributed by atoms with Gasteiger partial charge in [0.2, 0.25) is 10.0 Å². The van der Waals surface area contributed by atoms with Gasteiger partial charge < -0.3 is 4.74 Å². The molecule has 0 amide bonds. The fourth-order valence-corrected chi connectivity index (χ4v) is 4.99. The number of hydrogen-bond acceptors (Lipinski definition) is 7. The molecule has 0 aliphatic carbocycles. The van der Waals surface area contributed by atoms with Crippen molar-refractivity contribution in [1.29, 1.82) is 0 Å². The summed E-state index contributed by atoms with van der Waals surface area (Å²) in [5.41, 5.74) is 1.34. The zero-order valence-corrected chi connectivity index (χ0v) is 15.1. The van der Waals surface area contributed by atoms with E-state index >= 15 is 0 Å². The zero-order chi connectivity index (χ0) is 18.9. The molecule has 1 aromatic heterocycles. The van der Waals surface area contributed by atoms with Crippen molar-refractivity contribution in [3.05, 3.63) is 54.1 Å². The summed E-state index contributed by atoms with van der Waals surface area (Å²) in [6.45, 7) is 0.349. The van der Waals surface area contributed by atoms with Crippen LogP contribution in [0.25, 0.3) is 11.0 Å². The minimum atomic E-state index is -3.94. The summed E-state index contributed by atoms with van der Waals surface area (Å²) in [6.07, 6.45) is 0.997. The van der Waals surface area contributed by atoms with Crippen LogP contribution in [0.15, 0.2) is 58.1 Å². The molecule has 3 aromatic rings. The number of rotatable bonds is 5. The summed E-state index contributed by atoms with van der Waals surface area (Å²) in [4.78, 5) is 12.5. The third kappa shape index (κ3) is 3.31. The molecule has 27 heavy (non-hydrogen) atoms. The lowest BCUT2D eigenvalue weighted by Crippen LogP contribution is -2.41. The first-order valence-corrected chi connectivity index (χ1v) is 9.95. The van der Waals surface area contributed by atoms with E-state index in [-0.39, 0.29) is 23.6 Å². The highest BCUT2D eigenvalue weighted by Crippen LogP contribution is 2.30. The summed E-state index contributed by atoms with van der Waals surface area (Å²) >= 11 is 0. The highest BCUT2D eigenvalue weighted by atomic mass is 32.2. The van der Waals surface area contributed by atoms with E-state index in [2.05, 4.69) is 14.9 Å². The second-order valence-corrected chi connectivity index (χ2v) is 8.11. The summed E-state index contributed by atoms with van der Waals surface area (Å²) in [5, 5.41) is 7.37. The first-order valence-electron chi connectivity index (χ1n) is 8.51. The van der Waals surface area contributed by atoms with Gasteiger partial charge in [-0.15, -0.1) is 0 Å². The highest BCUT2D eigenvalue weighted by molar-refractivity contribution is 7.89. The first-order chi connectivity index (χ1) is 13.1. The number of hydrogen-bond donors (Lipinski definition) is 0. The van der Waals surface area contributed by atoms with Crippen molar-refractivity contribution < 1.29 is 22.6 Å². The van der Waals surface area contributed by atoms with Crippen LogP contribution < -0.4 is 0 Å². The number of sulfonamides is 1. The number of esters is 1. The maximum Gasteiger partial charge on any atom is 0.324 e. The molecule has 1 aliphatic heterocycles. The Hall–Kier alpha value is -2.78. The molecule has 0 radical (unpaired) electrons. The van der Waals surface area contributed by atoms with E-state index in [4.69, 9.17) is 4.74 Å². The average Bonchev–Trinajstić information content (AvgIpc) is 3.36. The van der Waals surface area contributed by atoms with Crippen LogP contribution in [0.2, 0.25) is 0 Å². The molecule has 0 bridgehead atoms. The molecule has 4 rings (SSSR count). The van der Waals surface area contributed by atoms with Crippen molar-refractivity contribution >= 4 is 27.0 Å². The standard InChI is InChI=1S/C18H17N3O5S/c22-18(25-12-13-6-2-1-3-7-13)15-9-5-11-21(15)27(23,24)16-10-4-8-14-17(16)20-26-19-14/h1-4,6-8,10,15H,5,9,11-12H2. The summed E-state index contributed by atoms with van der Waals surface area (Å²) in [5.74, 6) is -0.551.